The van der Waals surface area contributed by atoms with Crippen molar-refractivity contribution in [1.29, 1.82) is 0 Å². The van der Waals surface area contributed by atoms with Crippen molar-refractivity contribution in [1.82, 2.24) is 14.3 Å². The Hall–Kier alpha value is -2.81. The molecular formula is C26H30N4O3S. The molecule has 0 radical (unpaired) electrons. The minimum atomic E-state index is -3.48. The number of nitrogens with zero attached hydrogens (tertiary/aromatic N) is 4. The zero-order valence-corrected chi connectivity index (χ0v) is 20.4. The highest BCUT2D eigenvalue weighted by Gasteiger charge is 2.33. The van der Waals surface area contributed by atoms with Gasteiger partial charge < -0.3 is 9.64 Å². The van der Waals surface area contributed by atoms with E-state index < -0.39 is 10.0 Å². The van der Waals surface area contributed by atoms with Crippen molar-refractivity contribution in [2.45, 2.75) is 44.8 Å². The summed E-state index contributed by atoms with van der Waals surface area (Å²) in [5, 5.41) is 0. The molecular weight excluding hydrogens is 448 g/mol. The Balaban J connectivity index is 1.52. The number of hydrogen-bond donors (Lipinski definition) is 0. The predicted octanol–water partition coefficient (Wildman–Crippen LogP) is 3.65. The van der Waals surface area contributed by atoms with Gasteiger partial charge in [0.25, 0.3) is 0 Å². The van der Waals surface area contributed by atoms with E-state index in [-0.39, 0.29) is 24.5 Å². The monoisotopic (exact) mass is 478 g/mol. The average Bonchev–Trinajstić information content (AvgIpc) is 2.83. The van der Waals surface area contributed by atoms with Gasteiger partial charge in [-0.05, 0) is 19.4 Å². The van der Waals surface area contributed by atoms with Crippen molar-refractivity contribution >= 4 is 15.8 Å². The van der Waals surface area contributed by atoms with Gasteiger partial charge >= 0.3 is 0 Å². The lowest BCUT2D eigenvalue weighted by atomic mass is 10.1. The molecule has 7 nitrogen and oxygen atoms in total. The van der Waals surface area contributed by atoms with E-state index >= 15 is 0 Å². The second kappa shape index (κ2) is 9.44. The fourth-order valence-corrected chi connectivity index (χ4v) is 6.31. The summed E-state index contributed by atoms with van der Waals surface area (Å²) in [6.45, 7) is 6.24. The van der Waals surface area contributed by atoms with Crippen molar-refractivity contribution in [2.24, 2.45) is 0 Å². The fraction of sp³-hybridized carbons (Fsp3) is 0.385. The van der Waals surface area contributed by atoms with E-state index in [1.54, 1.807) is 4.31 Å². The first kappa shape index (κ1) is 23.0. The van der Waals surface area contributed by atoms with Crippen molar-refractivity contribution in [3.63, 3.8) is 0 Å². The summed E-state index contributed by atoms with van der Waals surface area (Å²) >= 11 is 0. The molecule has 178 valence electrons. The molecule has 0 bridgehead atoms. The Morgan fingerprint density at radius 2 is 1.59 bits per heavy atom. The topological polar surface area (TPSA) is 75.6 Å². The third kappa shape index (κ3) is 4.85. The molecule has 2 aliphatic rings. The van der Waals surface area contributed by atoms with Gasteiger partial charge in [0.1, 0.15) is 5.82 Å². The number of morpholine rings is 1. The third-order valence-corrected chi connectivity index (χ3v) is 8.14. The van der Waals surface area contributed by atoms with Crippen molar-refractivity contribution in [3.05, 3.63) is 77.5 Å². The maximum absolute atomic E-state index is 13.3. The molecule has 2 unspecified atom stereocenters. The molecule has 1 saturated heterocycles. The molecule has 34 heavy (non-hydrogen) atoms. The summed E-state index contributed by atoms with van der Waals surface area (Å²) in [5.41, 5.74) is 3.59. The van der Waals surface area contributed by atoms with Gasteiger partial charge in [0.15, 0.2) is 5.82 Å². The molecule has 0 spiro atoms. The number of rotatable bonds is 5. The molecule has 1 fully saturated rings. The van der Waals surface area contributed by atoms with Gasteiger partial charge in [-0.3, -0.25) is 0 Å². The molecule has 3 aromatic rings. The summed E-state index contributed by atoms with van der Waals surface area (Å²) in [7, 11) is -3.48. The minimum Gasteiger partial charge on any atom is -0.372 e. The standard InChI is InChI=1S/C26H30N4O3S/c1-19-15-29(16-20(2)33-19)26-23-17-30(34(31,32)18-21-9-5-3-6-10-21)14-13-24(23)27-25(28-26)22-11-7-4-8-12-22/h3-12,19-20H,13-18H2,1-2H3. The van der Waals surface area contributed by atoms with Crippen LogP contribution in [-0.4, -0.2) is 54.5 Å². The largest absolute Gasteiger partial charge is 0.372 e. The predicted molar refractivity (Wildman–Crippen MR) is 133 cm³/mol. The number of sulfonamides is 1. The second-order valence-corrected chi connectivity index (χ2v) is 11.1. The first-order valence-electron chi connectivity index (χ1n) is 11.8. The summed E-state index contributed by atoms with van der Waals surface area (Å²) in [5.74, 6) is 1.50. The molecule has 2 aromatic carbocycles. The Bertz CT molecular complexity index is 1240. The van der Waals surface area contributed by atoms with Crippen molar-refractivity contribution in [3.8, 4) is 11.4 Å². The molecule has 0 saturated carbocycles. The van der Waals surface area contributed by atoms with Crippen LogP contribution in [0.3, 0.4) is 0 Å². The third-order valence-electron chi connectivity index (χ3n) is 6.34. The molecule has 0 amide bonds. The lowest BCUT2D eigenvalue weighted by molar-refractivity contribution is -0.00555. The molecule has 2 aliphatic heterocycles. The maximum atomic E-state index is 13.3. The van der Waals surface area contributed by atoms with Crippen LogP contribution >= 0.6 is 0 Å². The van der Waals surface area contributed by atoms with Gasteiger partial charge in [-0.1, -0.05) is 60.7 Å². The fourth-order valence-electron chi connectivity index (χ4n) is 4.81. The number of benzene rings is 2. The van der Waals surface area contributed by atoms with Gasteiger partial charge in [0, 0.05) is 43.7 Å². The minimum absolute atomic E-state index is 0.00686. The molecule has 0 N–H and O–H groups in total. The summed E-state index contributed by atoms with van der Waals surface area (Å²) in [4.78, 5) is 12.1. The molecule has 0 aliphatic carbocycles. The Labute approximate surface area is 201 Å². The molecule has 2 atom stereocenters. The van der Waals surface area contributed by atoms with E-state index in [2.05, 4.69) is 18.7 Å². The highest BCUT2D eigenvalue weighted by molar-refractivity contribution is 7.88. The molecule has 8 heteroatoms. The summed E-state index contributed by atoms with van der Waals surface area (Å²) < 4.78 is 34.1. The van der Waals surface area contributed by atoms with Crippen molar-refractivity contribution in [2.75, 3.05) is 24.5 Å². The summed E-state index contributed by atoms with van der Waals surface area (Å²) in [6.07, 6.45) is 0.695. The van der Waals surface area contributed by atoms with Crippen LogP contribution in [0.2, 0.25) is 0 Å². The quantitative estimate of drug-likeness (QED) is 0.557. The maximum Gasteiger partial charge on any atom is 0.218 e. The van der Waals surface area contributed by atoms with Crippen LogP contribution < -0.4 is 4.90 Å². The normalized spacial score (nSPS) is 21.3. The summed E-state index contributed by atoms with van der Waals surface area (Å²) in [6, 6.07) is 19.3. The molecule has 1 aromatic heterocycles. The van der Waals surface area contributed by atoms with Crippen LogP contribution in [0.5, 0.6) is 0 Å². The van der Waals surface area contributed by atoms with Crippen LogP contribution in [0, 0.1) is 0 Å². The van der Waals surface area contributed by atoms with E-state index in [4.69, 9.17) is 14.7 Å². The number of fused-ring (bicyclic) bond motifs is 1. The lowest BCUT2D eigenvalue weighted by Crippen LogP contribution is -2.47. The number of aromatic nitrogens is 2. The van der Waals surface area contributed by atoms with Crippen LogP contribution in [0.25, 0.3) is 11.4 Å². The molecule has 5 rings (SSSR count). The second-order valence-electron chi connectivity index (χ2n) is 9.15. The van der Waals surface area contributed by atoms with Crippen LogP contribution in [0.1, 0.15) is 30.7 Å². The Kier molecular flexibility index (Phi) is 6.38. The van der Waals surface area contributed by atoms with Gasteiger partial charge in [-0.15, -0.1) is 0 Å². The zero-order valence-electron chi connectivity index (χ0n) is 19.6. The van der Waals surface area contributed by atoms with E-state index in [1.807, 2.05) is 60.7 Å². The van der Waals surface area contributed by atoms with Crippen molar-refractivity contribution < 1.29 is 13.2 Å². The Morgan fingerprint density at radius 3 is 2.26 bits per heavy atom. The highest BCUT2D eigenvalue weighted by atomic mass is 32.2. The number of anilines is 1. The Morgan fingerprint density at radius 1 is 0.941 bits per heavy atom. The number of hydrogen-bond acceptors (Lipinski definition) is 6. The average molecular weight is 479 g/mol. The van der Waals surface area contributed by atoms with E-state index in [1.165, 1.54) is 0 Å². The van der Waals surface area contributed by atoms with Crippen LogP contribution in [0.4, 0.5) is 5.82 Å². The van der Waals surface area contributed by atoms with E-state index in [0.717, 1.165) is 28.2 Å². The molecule has 3 heterocycles. The first-order valence-corrected chi connectivity index (χ1v) is 13.4. The van der Waals surface area contributed by atoms with Gasteiger partial charge in [-0.2, -0.15) is 4.31 Å². The smallest absolute Gasteiger partial charge is 0.218 e. The van der Waals surface area contributed by atoms with E-state index in [9.17, 15) is 8.42 Å². The van der Waals surface area contributed by atoms with E-state index in [0.29, 0.717) is 31.9 Å². The van der Waals surface area contributed by atoms with Gasteiger partial charge in [0.05, 0.1) is 23.7 Å². The lowest BCUT2D eigenvalue weighted by Gasteiger charge is -2.38. The van der Waals surface area contributed by atoms with Crippen LogP contribution in [0.15, 0.2) is 60.7 Å². The number of ether oxygens (including phenoxy) is 1. The first-order chi connectivity index (χ1) is 16.4. The van der Waals surface area contributed by atoms with Crippen LogP contribution in [-0.2, 0) is 33.5 Å². The SMILES string of the molecule is CC1CN(c2nc(-c3ccccc3)nc3c2CN(S(=O)(=O)Cc2ccccc2)CC3)CC(C)O1. The van der Waals surface area contributed by atoms with Gasteiger partial charge in [-0.25, -0.2) is 18.4 Å². The highest BCUT2D eigenvalue weighted by Crippen LogP contribution is 2.32. The zero-order chi connectivity index (χ0) is 23.7. The van der Waals surface area contributed by atoms with Gasteiger partial charge in [0.2, 0.25) is 10.0 Å².